The van der Waals surface area contributed by atoms with Crippen LogP contribution < -0.4 is 10.6 Å². The third kappa shape index (κ3) is 5.10. The molecule has 31 heavy (non-hydrogen) atoms. The number of aromatic nitrogens is 2. The van der Waals surface area contributed by atoms with Gasteiger partial charge in [0, 0.05) is 22.6 Å². The standard InChI is InChI=1S/C26H30N4O/c1-4-24(21-13-12-19-8-5-6-9-20(19)15-21)30-25(31)22-10-7-11-23(16-22)29-26-27-17(2)14-18(3)28-26/h7,10-16,24H,4-6,8-9H2,1-3H3,(H,30,31)(H,27,28,29). The highest BCUT2D eigenvalue weighted by molar-refractivity contribution is 5.95. The molecule has 1 unspecified atom stereocenters. The third-order valence-corrected chi connectivity index (χ3v) is 5.85. The summed E-state index contributed by atoms with van der Waals surface area (Å²) in [7, 11) is 0. The topological polar surface area (TPSA) is 66.9 Å². The van der Waals surface area contributed by atoms with Crippen LogP contribution in [-0.2, 0) is 12.8 Å². The van der Waals surface area contributed by atoms with Crippen LogP contribution in [0.25, 0.3) is 0 Å². The molecule has 1 aliphatic carbocycles. The molecule has 3 aromatic rings. The molecule has 160 valence electrons. The van der Waals surface area contributed by atoms with Crippen LogP contribution in [0.3, 0.4) is 0 Å². The molecule has 0 radical (unpaired) electrons. The first-order chi connectivity index (χ1) is 15.0. The van der Waals surface area contributed by atoms with Gasteiger partial charge in [0.15, 0.2) is 0 Å². The number of nitrogens with zero attached hydrogens (tertiary/aromatic N) is 2. The smallest absolute Gasteiger partial charge is 0.251 e. The Kier molecular flexibility index (Phi) is 6.31. The lowest BCUT2D eigenvalue weighted by Crippen LogP contribution is -2.28. The lowest BCUT2D eigenvalue weighted by atomic mass is 9.88. The summed E-state index contributed by atoms with van der Waals surface area (Å²) in [6.07, 6.45) is 5.69. The van der Waals surface area contributed by atoms with Crippen LogP contribution in [0.2, 0.25) is 0 Å². The fraction of sp³-hybridized carbons (Fsp3) is 0.346. The summed E-state index contributed by atoms with van der Waals surface area (Å²) in [5.41, 5.74) is 7.30. The molecule has 0 aliphatic heterocycles. The molecule has 2 aromatic carbocycles. The number of carbonyl (C=O) groups excluding carboxylic acids is 1. The van der Waals surface area contributed by atoms with Crippen molar-refractivity contribution in [3.05, 3.63) is 82.2 Å². The summed E-state index contributed by atoms with van der Waals surface area (Å²) in [6.45, 7) is 5.99. The van der Waals surface area contributed by atoms with E-state index >= 15 is 0 Å². The molecule has 0 bridgehead atoms. The minimum Gasteiger partial charge on any atom is -0.345 e. The molecule has 1 atom stereocenters. The van der Waals surface area contributed by atoms with Crippen molar-refractivity contribution in [3.63, 3.8) is 0 Å². The fourth-order valence-electron chi connectivity index (χ4n) is 4.28. The fourth-order valence-corrected chi connectivity index (χ4v) is 4.28. The summed E-state index contributed by atoms with van der Waals surface area (Å²) in [5.74, 6) is 0.463. The Hall–Kier alpha value is -3.21. The average Bonchev–Trinajstić information content (AvgIpc) is 2.76. The number of aryl methyl sites for hydroxylation is 4. The van der Waals surface area contributed by atoms with Gasteiger partial charge >= 0.3 is 0 Å². The van der Waals surface area contributed by atoms with Gasteiger partial charge < -0.3 is 10.6 Å². The Balaban J connectivity index is 1.49. The van der Waals surface area contributed by atoms with E-state index in [1.807, 2.05) is 44.2 Å². The number of benzene rings is 2. The average molecular weight is 415 g/mol. The van der Waals surface area contributed by atoms with Crippen LogP contribution >= 0.6 is 0 Å². The first-order valence-corrected chi connectivity index (χ1v) is 11.1. The van der Waals surface area contributed by atoms with Gasteiger partial charge in [-0.2, -0.15) is 0 Å². The Bertz CT molecular complexity index is 1070. The molecule has 2 N–H and O–H groups in total. The van der Waals surface area contributed by atoms with E-state index < -0.39 is 0 Å². The molecule has 5 nitrogen and oxygen atoms in total. The Labute approximate surface area is 184 Å². The number of anilines is 2. The molecule has 4 rings (SSSR count). The number of nitrogens with one attached hydrogen (secondary N) is 2. The molecule has 5 heteroatoms. The number of rotatable bonds is 6. The maximum atomic E-state index is 13.0. The van der Waals surface area contributed by atoms with E-state index in [0.717, 1.165) is 29.9 Å². The number of hydrogen-bond donors (Lipinski definition) is 2. The van der Waals surface area contributed by atoms with Crippen molar-refractivity contribution < 1.29 is 4.79 Å². The first kappa shape index (κ1) is 21.0. The summed E-state index contributed by atoms with van der Waals surface area (Å²) in [4.78, 5) is 21.9. The van der Waals surface area contributed by atoms with E-state index in [1.165, 1.54) is 36.0 Å². The molecule has 1 aromatic heterocycles. The number of amides is 1. The molecule has 0 fully saturated rings. The van der Waals surface area contributed by atoms with Crippen LogP contribution in [0.4, 0.5) is 11.6 Å². The summed E-state index contributed by atoms with van der Waals surface area (Å²) in [6, 6.07) is 16.1. The molecular weight excluding hydrogens is 384 g/mol. The van der Waals surface area contributed by atoms with Gasteiger partial charge in [0.05, 0.1) is 6.04 Å². The highest BCUT2D eigenvalue weighted by Crippen LogP contribution is 2.26. The van der Waals surface area contributed by atoms with Crippen LogP contribution in [0.15, 0.2) is 48.5 Å². The Morgan fingerprint density at radius 1 is 0.968 bits per heavy atom. The van der Waals surface area contributed by atoms with Crippen LogP contribution in [0.1, 0.15) is 70.7 Å². The first-order valence-electron chi connectivity index (χ1n) is 11.1. The minimum atomic E-state index is -0.0745. The van der Waals surface area contributed by atoms with E-state index in [-0.39, 0.29) is 11.9 Å². The van der Waals surface area contributed by atoms with E-state index in [1.54, 1.807) is 0 Å². The second-order valence-corrected chi connectivity index (χ2v) is 8.35. The number of fused-ring (bicyclic) bond motifs is 1. The van der Waals surface area contributed by atoms with Gasteiger partial charge in [-0.05, 0) is 86.9 Å². The van der Waals surface area contributed by atoms with Gasteiger partial charge in [-0.15, -0.1) is 0 Å². The molecular formula is C26H30N4O. The largest absolute Gasteiger partial charge is 0.345 e. The van der Waals surface area contributed by atoms with Gasteiger partial charge in [-0.1, -0.05) is 31.2 Å². The second-order valence-electron chi connectivity index (χ2n) is 8.35. The van der Waals surface area contributed by atoms with Crippen molar-refractivity contribution in [2.75, 3.05) is 5.32 Å². The normalized spacial score (nSPS) is 13.9. The molecule has 1 aliphatic rings. The number of hydrogen-bond acceptors (Lipinski definition) is 4. The third-order valence-electron chi connectivity index (χ3n) is 5.85. The van der Waals surface area contributed by atoms with E-state index in [2.05, 4.69) is 45.7 Å². The molecule has 0 saturated carbocycles. The van der Waals surface area contributed by atoms with E-state index in [0.29, 0.717) is 11.5 Å². The van der Waals surface area contributed by atoms with Crippen molar-refractivity contribution in [2.24, 2.45) is 0 Å². The summed E-state index contributed by atoms with van der Waals surface area (Å²) in [5, 5.41) is 6.43. The summed E-state index contributed by atoms with van der Waals surface area (Å²) < 4.78 is 0. The van der Waals surface area contributed by atoms with Crippen molar-refractivity contribution in [1.82, 2.24) is 15.3 Å². The highest BCUT2D eigenvalue weighted by atomic mass is 16.1. The highest BCUT2D eigenvalue weighted by Gasteiger charge is 2.17. The van der Waals surface area contributed by atoms with Gasteiger partial charge in [-0.25, -0.2) is 9.97 Å². The van der Waals surface area contributed by atoms with Crippen LogP contribution in [0.5, 0.6) is 0 Å². The van der Waals surface area contributed by atoms with Crippen LogP contribution in [0, 0.1) is 13.8 Å². The number of carbonyl (C=O) groups is 1. The molecule has 0 spiro atoms. The maximum absolute atomic E-state index is 13.0. The molecule has 1 heterocycles. The van der Waals surface area contributed by atoms with Crippen LogP contribution in [-0.4, -0.2) is 15.9 Å². The monoisotopic (exact) mass is 414 g/mol. The van der Waals surface area contributed by atoms with E-state index in [9.17, 15) is 4.79 Å². The van der Waals surface area contributed by atoms with Crippen molar-refractivity contribution in [3.8, 4) is 0 Å². The van der Waals surface area contributed by atoms with Gasteiger partial charge in [-0.3, -0.25) is 4.79 Å². The molecule has 1 amide bonds. The zero-order valence-electron chi connectivity index (χ0n) is 18.5. The second kappa shape index (κ2) is 9.29. The SMILES string of the molecule is CCC(NC(=O)c1cccc(Nc2nc(C)cc(C)n2)c1)c1ccc2c(c1)CCCC2. The minimum absolute atomic E-state index is 0.000835. The van der Waals surface area contributed by atoms with E-state index in [4.69, 9.17) is 0 Å². The Morgan fingerprint density at radius 2 is 1.71 bits per heavy atom. The zero-order chi connectivity index (χ0) is 21.8. The van der Waals surface area contributed by atoms with Gasteiger partial charge in [0.1, 0.15) is 0 Å². The Morgan fingerprint density at radius 3 is 2.45 bits per heavy atom. The predicted molar refractivity (Wildman–Crippen MR) is 125 cm³/mol. The molecule has 0 saturated heterocycles. The quantitative estimate of drug-likeness (QED) is 0.551. The lowest BCUT2D eigenvalue weighted by Gasteiger charge is -2.22. The van der Waals surface area contributed by atoms with Crippen molar-refractivity contribution in [1.29, 1.82) is 0 Å². The predicted octanol–water partition coefficient (Wildman–Crippen LogP) is 5.60. The maximum Gasteiger partial charge on any atom is 0.251 e. The summed E-state index contributed by atoms with van der Waals surface area (Å²) >= 11 is 0. The van der Waals surface area contributed by atoms with Gasteiger partial charge in [0.2, 0.25) is 5.95 Å². The zero-order valence-corrected chi connectivity index (χ0v) is 18.5. The van der Waals surface area contributed by atoms with Gasteiger partial charge in [0.25, 0.3) is 5.91 Å². The van der Waals surface area contributed by atoms with Crippen molar-refractivity contribution >= 4 is 17.5 Å². The lowest BCUT2D eigenvalue weighted by molar-refractivity contribution is 0.0935. The van der Waals surface area contributed by atoms with Crippen molar-refractivity contribution in [2.45, 2.75) is 58.9 Å².